The second kappa shape index (κ2) is 5.84. The fourth-order valence-electron chi connectivity index (χ4n) is 1.50. The molecule has 0 saturated carbocycles. The normalized spacial score (nSPS) is 12.3. The number of hydrogen-bond donors (Lipinski definition) is 2. The van der Waals surface area contributed by atoms with Crippen molar-refractivity contribution in [3.63, 3.8) is 0 Å². The molecule has 0 aliphatic rings. The monoisotopic (exact) mass is 261 g/mol. The fourth-order valence-corrected chi connectivity index (χ4v) is 2.29. The van der Waals surface area contributed by atoms with E-state index in [0.717, 1.165) is 4.90 Å². The van der Waals surface area contributed by atoms with E-state index in [2.05, 4.69) is 9.97 Å². The summed E-state index contributed by atoms with van der Waals surface area (Å²) in [6.07, 6.45) is 0. The first-order chi connectivity index (χ1) is 8.65. The maximum atomic E-state index is 11.5. The van der Waals surface area contributed by atoms with E-state index in [4.69, 9.17) is 5.73 Å². The van der Waals surface area contributed by atoms with Crippen molar-refractivity contribution in [2.24, 2.45) is 5.73 Å². The Kier molecular flexibility index (Phi) is 4.17. The molecule has 1 heterocycles. The molecule has 1 aromatic carbocycles. The third kappa shape index (κ3) is 3.45. The quantitative estimate of drug-likeness (QED) is 0.827. The summed E-state index contributed by atoms with van der Waals surface area (Å²) in [6, 6.07) is 11.2. The first kappa shape index (κ1) is 12.9. The van der Waals surface area contributed by atoms with Crippen LogP contribution in [0.3, 0.4) is 0 Å². The van der Waals surface area contributed by atoms with Crippen LogP contribution in [0.2, 0.25) is 0 Å². The van der Waals surface area contributed by atoms with Crippen molar-refractivity contribution in [1.82, 2.24) is 9.97 Å². The van der Waals surface area contributed by atoms with Gasteiger partial charge in [0.15, 0.2) is 0 Å². The molecule has 1 unspecified atom stereocenters. The van der Waals surface area contributed by atoms with Crippen molar-refractivity contribution in [3.8, 4) is 0 Å². The van der Waals surface area contributed by atoms with Crippen LogP contribution < -0.4 is 11.3 Å². The Labute approximate surface area is 110 Å². The van der Waals surface area contributed by atoms with Crippen LogP contribution >= 0.6 is 11.8 Å². The van der Waals surface area contributed by atoms with Gasteiger partial charge in [0, 0.05) is 17.0 Å². The number of rotatable bonds is 4. The maximum Gasteiger partial charge on any atom is 0.251 e. The molecule has 0 aliphatic carbocycles. The largest absolute Gasteiger partial charge is 0.323 e. The molecule has 5 heteroatoms. The molecular weight excluding hydrogens is 246 g/mol. The van der Waals surface area contributed by atoms with Gasteiger partial charge in [0.25, 0.3) is 5.56 Å². The van der Waals surface area contributed by atoms with Gasteiger partial charge in [-0.05, 0) is 19.1 Å². The van der Waals surface area contributed by atoms with Gasteiger partial charge in [-0.1, -0.05) is 18.2 Å². The smallest absolute Gasteiger partial charge is 0.251 e. The molecule has 18 heavy (non-hydrogen) atoms. The highest BCUT2D eigenvalue weighted by molar-refractivity contribution is 7.98. The zero-order chi connectivity index (χ0) is 13.0. The topological polar surface area (TPSA) is 71.8 Å². The van der Waals surface area contributed by atoms with Crippen LogP contribution in [0.1, 0.15) is 24.5 Å². The number of nitrogens with two attached hydrogens (primary N) is 1. The van der Waals surface area contributed by atoms with Gasteiger partial charge < -0.3 is 10.7 Å². The number of nitrogens with zero attached hydrogens (tertiary/aromatic N) is 1. The van der Waals surface area contributed by atoms with Crippen molar-refractivity contribution >= 4 is 11.8 Å². The summed E-state index contributed by atoms with van der Waals surface area (Å²) in [5.74, 6) is 1.28. The summed E-state index contributed by atoms with van der Waals surface area (Å²) >= 11 is 1.63. The van der Waals surface area contributed by atoms with E-state index in [1.165, 1.54) is 6.07 Å². The van der Waals surface area contributed by atoms with Crippen LogP contribution in [0.4, 0.5) is 0 Å². The molecule has 2 aromatic rings. The van der Waals surface area contributed by atoms with Gasteiger partial charge in [0.05, 0.1) is 11.4 Å². The van der Waals surface area contributed by atoms with Crippen molar-refractivity contribution in [2.75, 3.05) is 0 Å². The summed E-state index contributed by atoms with van der Waals surface area (Å²) in [5, 5.41) is 0. The number of nitrogens with one attached hydrogen (secondary N) is 1. The number of H-pyrrole nitrogens is 1. The molecule has 94 valence electrons. The predicted octanol–water partition coefficient (Wildman–Crippen LogP) is 2.08. The second-order valence-corrected chi connectivity index (χ2v) is 5.06. The highest BCUT2D eigenvalue weighted by Gasteiger charge is 2.05. The number of thioether (sulfide) groups is 1. The molecule has 4 nitrogen and oxygen atoms in total. The van der Waals surface area contributed by atoms with Gasteiger partial charge in [-0.2, -0.15) is 0 Å². The Morgan fingerprint density at radius 3 is 2.78 bits per heavy atom. The minimum absolute atomic E-state index is 0.152. The summed E-state index contributed by atoms with van der Waals surface area (Å²) in [7, 11) is 0. The number of aromatic amines is 1. The molecule has 0 spiro atoms. The van der Waals surface area contributed by atoms with Crippen molar-refractivity contribution in [2.45, 2.75) is 23.6 Å². The van der Waals surface area contributed by atoms with Crippen LogP contribution in [-0.2, 0) is 5.75 Å². The molecule has 0 aliphatic heterocycles. The highest BCUT2D eigenvalue weighted by Crippen LogP contribution is 2.20. The minimum Gasteiger partial charge on any atom is -0.323 e. The molecule has 0 fully saturated rings. The number of benzene rings is 1. The molecule has 0 saturated heterocycles. The number of aromatic nitrogens is 2. The lowest BCUT2D eigenvalue weighted by molar-refractivity contribution is 0.759. The van der Waals surface area contributed by atoms with Crippen LogP contribution in [0.5, 0.6) is 0 Å². The average Bonchev–Trinajstić information content (AvgIpc) is 2.37. The Morgan fingerprint density at radius 2 is 2.11 bits per heavy atom. The molecule has 2 rings (SSSR count). The van der Waals surface area contributed by atoms with E-state index in [-0.39, 0.29) is 11.6 Å². The summed E-state index contributed by atoms with van der Waals surface area (Å²) in [5.41, 5.74) is 6.21. The molecular formula is C13H15N3OS. The van der Waals surface area contributed by atoms with Gasteiger partial charge >= 0.3 is 0 Å². The van der Waals surface area contributed by atoms with E-state index in [1.807, 2.05) is 37.3 Å². The van der Waals surface area contributed by atoms with Crippen LogP contribution in [0.25, 0.3) is 0 Å². The van der Waals surface area contributed by atoms with Crippen LogP contribution in [-0.4, -0.2) is 9.97 Å². The van der Waals surface area contributed by atoms with Gasteiger partial charge in [-0.3, -0.25) is 4.79 Å². The molecule has 3 N–H and O–H groups in total. The van der Waals surface area contributed by atoms with E-state index in [0.29, 0.717) is 17.3 Å². The average molecular weight is 261 g/mol. The lowest BCUT2D eigenvalue weighted by atomic mass is 10.2. The minimum atomic E-state index is -0.229. The molecule has 0 bridgehead atoms. The molecule has 0 radical (unpaired) electrons. The zero-order valence-electron chi connectivity index (χ0n) is 10.1. The maximum absolute atomic E-state index is 11.5. The third-order valence-corrected chi connectivity index (χ3v) is 3.42. The first-order valence-corrected chi connectivity index (χ1v) is 6.67. The molecule has 1 aromatic heterocycles. The van der Waals surface area contributed by atoms with Gasteiger partial charge in [-0.15, -0.1) is 11.8 Å². The van der Waals surface area contributed by atoms with Crippen molar-refractivity contribution in [3.05, 3.63) is 58.3 Å². The van der Waals surface area contributed by atoms with E-state index in [1.54, 1.807) is 11.8 Å². The van der Waals surface area contributed by atoms with Crippen LogP contribution in [0, 0.1) is 0 Å². The Bertz CT molecular complexity index is 566. The van der Waals surface area contributed by atoms with Crippen molar-refractivity contribution < 1.29 is 0 Å². The van der Waals surface area contributed by atoms with Crippen molar-refractivity contribution in [1.29, 1.82) is 0 Å². The summed E-state index contributed by atoms with van der Waals surface area (Å²) in [4.78, 5) is 19.7. The SMILES string of the molecule is CC(N)c1cc(=O)[nH]c(CSc2ccccc2)n1. The summed E-state index contributed by atoms with van der Waals surface area (Å²) < 4.78 is 0. The Hall–Kier alpha value is -1.59. The van der Waals surface area contributed by atoms with Gasteiger partial charge in [0.2, 0.25) is 0 Å². The van der Waals surface area contributed by atoms with E-state index >= 15 is 0 Å². The number of hydrogen-bond acceptors (Lipinski definition) is 4. The Balaban J connectivity index is 2.12. The van der Waals surface area contributed by atoms with Gasteiger partial charge in [-0.25, -0.2) is 4.98 Å². The molecule has 0 amide bonds. The molecule has 1 atom stereocenters. The standard InChI is InChI=1S/C13H15N3OS/c1-9(14)11-7-13(17)16-12(15-11)8-18-10-5-3-2-4-6-10/h2-7,9H,8,14H2,1H3,(H,15,16,17). The first-order valence-electron chi connectivity index (χ1n) is 5.69. The lowest BCUT2D eigenvalue weighted by Gasteiger charge is -2.06. The van der Waals surface area contributed by atoms with Gasteiger partial charge in [0.1, 0.15) is 5.82 Å². The van der Waals surface area contributed by atoms with Crippen LogP contribution in [0.15, 0.2) is 46.1 Å². The fraction of sp³-hybridized carbons (Fsp3) is 0.231. The highest BCUT2D eigenvalue weighted by atomic mass is 32.2. The Morgan fingerprint density at radius 1 is 1.39 bits per heavy atom. The lowest BCUT2D eigenvalue weighted by Crippen LogP contribution is -2.17. The third-order valence-electron chi connectivity index (χ3n) is 2.40. The second-order valence-electron chi connectivity index (χ2n) is 4.01. The van der Waals surface area contributed by atoms with E-state index < -0.39 is 0 Å². The van der Waals surface area contributed by atoms with E-state index in [9.17, 15) is 4.79 Å². The summed E-state index contributed by atoms with van der Waals surface area (Å²) in [6.45, 7) is 1.82. The predicted molar refractivity (Wildman–Crippen MR) is 73.5 cm³/mol. The zero-order valence-corrected chi connectivity index (χ0v) is 10.9.